The summed E-state index contributed by atoms with van der Waals surface area (Å²) >= 11 is 3.47. The molecule has 0 spiro atoms. The summed E-state index contributed by atoms with van der Waals surface area (Å²) in [7, 11) is 3.26. The summed E-state index contributed by atoms with van der Waals surface area (Å²) in [6.07, 6.45) is -0.547. The topological polar surface area (TPSA) is 61.8 Å². The van der Waals surface area contributed by atoms with Gasteiger partial charge in [-0.1, -0.05) is 22.0 Å². The normalized spacial score (nSPS) is 13.5. The monoisotopic (exact) mass is 344 g/mol. The number of benzene rings is 1. The lowest BCUT2D eigenvalue weighted by Gasteiger charge is -2.23. The molecule has 0 saturated heterocycles. The molecular formula is C14H21BrN2O3. The summed E-state index contributed by atoms with van der Waals surface area (Å²) in [4.78, 5) is 13.4. The van der Waals surface area contributed by atoms with Gasteiger partial charge in [-0.05, 0) is 31.5 Å². The highest BCUT2D eigenvalue weighted by molar-refractivity contribution is 9.10. The number of halogens is 1. The van der Waals surface area contributed by atoms with E-state index in [9.17, 15) is 9.90 Å². The van der Waals surface area contributed by atoms with Gasteiger partial charge < -0.3 is 20.1 Å². The van der Waals surface area contributed by atoms with Crippen molar-refractivity contribution in [3.63, 3.8) is 0 Å². The summed E-state index contributed by atoms with van der Waals surface area (Å²) in [5, 5.41) is 12.2. The van der Waals surface area contributed by atoms with Crippen LogP contribution in [0.3, 0.4) is 0 Å². The van der Waals surface area contributed by atoms with Crippen LogP contribution in [-0.4, -0.2) is 42.8 Å². The minimum absolute atomic E-state index is 0.153. The third-order valence-corrected chi connectivity index (χ3v) is 3.59. The number of urea groups is 1. The molecular weight excluding hydrogens is 324 g/mol. The number of carbonyl (C=O) groups is 1. The summed E-state index contributed by atoms with van der Waals surface area (Å²) in [6, 6.07) is 5.24. The van der Waals surface area contributed by atoms with Crippen LogP contribution >= 0.6 is 15.9 Å². The summed E-state index contributed by atoms with van der Waals surface area (Å²) < 4.78 is 6.02. The highest BCUT2D eigenvalue weighted by Crippen LogP contribution is 2.27. The summed E-state index contributed by atoms with van der Waals surface area (Å²) in [5.41, 5.74) is 0.963. The van der Waals surface area contributed by atoms with Crippen LogP contribution in [0.4, 0.5) is 4.79 Å². The fraction of sp³-hybridized carbons (Fsp3) is 0.500. The lowest BCUT2D eigenvalue weighted by Crippen LogP contribution is -2.41. The molecule has 0 radical (unpaired) electrons. The minimum atomic E-state index is -0.547. The van der Waals surface area contributed by atoms with E-state index in [2.05, 4.69) is 21.2 Å². The number of ether oxygens (including phenoxy) is 1. The number of aliphatic hydroxyl groups is 1. The zero-order valence-electron chi connectivity index (χ0n) is 12.2. The van der Waals surface area contributed by atoms with E-state index in [1.165, 1.54) is 4.90 Å². The average molecular weight is 345 g/mol. The van der Waals surface area contributed by atoms with Crippen LogP contribution in [0.2, 0.25) is 0 Å². The average Bonchev–Trinajstić information content (AvgIpc) is 2.37. The van der Waals surface area contributed by atoms with E-state index >= 15 is 0 Å². The Labute approximate surface area is 128 Å². The Balaban J connectivity index is 2.71. The Kier molecular flexibility index (Phi) is 6.29. The molecule has 0 aliphatic heterocycles. The van der Waals surface area contributed by atoms with Gasteiger partial charge in [0.05, 0.1) is 19.3 Å². The van der Waals surface area contributed by atoms with E-state index in [1.54, 1.807) is 21.1 Å². The molecule has 1 aromatic carbocycles. The molecule has 0 bridgehead atoms. The van der Waals surface area contributed by atoms with Crippen LogP contribution in [0.1, 0.15) is 25.5 Å². The number of hydrogen-bond donors (Lipinski definition) is 2. The van der Waals surface area contributed by atoms with Crippen molar-refractivity contribution in [1.82, 2.24) is 10.2 Å². The van der Waals surface area contributed by atoms with Crippen LogP contribution in [0.15, 0.2) is 22.7 Å². The van der Waals surface area contributed by atoms with Gasteiger partial charge in [-0.3, -0.25) is 0 Å². The van der Waals surface area contributed by atoms with Crippen LogP contribution in [0.25, 0.3) is 0 Å². The minimum Gasteiger partial charge on any atom is -0.497 e. The molecule has 0 aliphatic rings. The molecule has 112 valence electrons. The Bertz CT molecular complexity index is 466. The molecule has 1 rings (SSSR count). The van der Waals surface area contributed by atoms with Crippen LogP contribution < -0.4 is 10.1 Å². The molecule has 2 atom stereocenters. The number of aliphatic hydroxyl groups excluding tert-OH is 1. The van der Waals surface area contributed by atoms with E-state index in [0.29, 0.717) is 6.54 Å². The molecule has 2 amide bonds. The maximum absolute atomic E-state index is 12.0. The molecule has 5 nitrogen and oxygen atoms in total. The second-order valence-corrected chi connectivity index (χ2v) is 5.64. The summed E-state index contributed by atoms with van der Waals surface area (Å²) in [5.74, 6) is 0.755. The number of nitrogens with one attached hydrogen (secondary N) is 1. The van der Waals surface area contributed by atoms with Crippen molar-refractivity contribution in [3.05, 3.63) is 28.2 Å². The zero-order valence-corrected chi connectivity index (χ0v) is 13.8. The fourth-order valence-corrected chi connectivity index (χ4v) is 2.54. The van der Waals surface area contributed by atoms with E-state index < -0.39 is 6.10 Å². The molecule has 0 aliphatic carbocycles. The third kappa shape index (κ3) is 4.68. The Morgan fingerprint density at radius 1 is 1.50 bits per heavy atom. The van der Waals surface area contributed by atoms with Crippen molar-refractivity contribution in [2.45, 2.75) is 26.0 Å². The Hall–Kier alpha value is -1.27. The van der Waals surface area contributed by atoms with Gasteiger partial charge >= 0.3 is 6.03 Å². The van der Waals surface area contributed by atoms with E-state index in [1.807, 2.05) is 25.1 Å². The lowest BCUT2D eigenvalue weighted by atomic mass is 10.1. The van der Waals surface area contributed by atoms with Gasteiger partial charge in [0.25, 0.3) is 0 Å². The second kappa shape index (κ2) is 7.50. The highest BCUT2D eigenvalue weighted by Gasteiger charge is 2.16. The molecule has 0 aromatic heterocycles. The number of nitrogens with zero attached hydrogens (tertiary/aromatic N) is 1. The largest absolute Gasteiger partial charge is 0.497 e. The van der Waals surface area contributed by atoms with Gasteiger partial charge in [0.1, 0.15) is 5.75 Å². The van der Waals surface area contributed by atoms with Crippen molar-refractivity contribution in [2.24, 2.45) is 0 Å². The van der Waals surface area contributed by atoms with E-state index in [-0.39, 0.29) is 12.1 Å². The van der Waals surface area contributed by atoms with Crippen molar-refractivity contribution in [1.29, 1.82) is 0 Å². The Morgan fingerprint density at radius 3 is 2.65 bits per heavy atom. The number of hydrogen-bond acceptors (Lipinski definition) is 3. The molecule has 1 unspecified atom stereocenters. The van der Waals surface area contributed by atoms with Crippen LogP contribution in [-0.2, 0) is 0 Å². The third-order valence-electron chi connectivity index (χ3n) is 2.90. The molecule has 1 aromatic rings. The zero-order chi connectivity index (χ0) is 15.3. The SMILES string of the molecule is COc1ccc([C@H](C)NC(=O)N(C)CC(C)O)c(Br)c1. The van der Waals surface area contributed by atoms with Gasteiger partial charge in [-0.15, -0.1) is 0 Å². The molecule has 0 saturated carbocycles. The van der Waals surface area contributed by atoms with Crippen LogP contribution in [0, 0.1) is 0 Å². The highest BCUT2D eigenvalue weighted by atomic mass is 79.9. The van der Waals surface area contributed by atoms with E-state index in [4.69, 9.17) is 4.74 Å². The quantitative estimate of drug-likeness (QED) is 0.862. The van der Waals surface area contributed by atoms with Crippen molar-refractivity contribution >= 4 is 22.0 Å². The first-order valence-electron chi connectivity index (χ1n) is 6.38. The van der Waals surface area contributed by atoms with E-state index in [0.717, 1.165) is 15.8 Å². The first kappa shape index (κ1) is 16.8. The fourth-order valence-electron chi connectivity index (χ4n) is 1.84. The Morgan fingerprint density at radius 2 is 2.15 bits per heavy atom. The van der Waals surface area contributed by atoms with Crippen molar-refractivity contribution in [2.75, 3.05) is 20.7 Å². The number of methoxy groups -OCH3 is 1. The predicted molar refractivity (Wildman–Crippen MR) is 82.0 cm³/mol. The molecule has 0 fully saturated rings. The first-order chi connectivity index (χ1) is 9.35. The molecule has 2 N–H and O–H groups in total. The molecule has 6 heteroatoms. The smallest absolute Gasteiger partial charge is 0.317 e. The maximum Gasteiger partial charge on any atom is 0.317 e. The predicted octanol–water partition coefficient (Wildman–Crippen LogP) is 2.54. The van der Waals surface area contributed by atoms with Gasteiger partial charge in [-0.2, -0.15) is 0 Å². The second-order valence-electron chi connectivity index (χ2n) is 4.79. The van der Waals surface area contributed by atoms with Crippen molar-refractivity contribution < 1.29 is 14.6 Å². The van der Waals surface area contributed by atoms with Crippen LogP contribution in [0.5, 0.6) is 5.75 Å². The molecule has 0 heterocycles. The number of amides is 2. The van der Waals surface area contributed by atoms with Crippen molar-refractivity contribution in [3.8, 4) is 5.75 Å². The maximum atomic E-state index is 12.0. The molecule has 20 heavy (non-hydrogen) atoms. The number of carbonyl (C=O) groups excluding carboxylic acids is 1. The lowest BCUT2D eigenvalue weighted by molar-refractivity contribution is 0.142. The first-order valence-corrected chi connectivity index (χ1v) is 7.17. The summed E-state index contributed by atoms with van der Waals surface area (Å²) in [6.45, 7) is 3.84. The van der Waals surface area contributed by atoms with Gasteiger partial charge in [0.15, 0.2) is 0 Å². The van der Waals surface area contributed by atoms with Gasteiger partial charge in [0.2, 0.25) is 0 Å². The number of likely N-dealkylation sites (N-methyl/N-ethyl adjacent to an activating group) is 1. The standard InChI is InChI=1S/C14H21BrN2O3/c1-9(18)8-17(3)14(19)16-10(2)12-6-5-11(20-4)7-13(12)15/h5-7,9-10,18H,8H2,1-4H3,(H,16,19)/t9?,10-/m0/s1. The van der Waals surface area contributed by atoms with Gasteiger partial charge in [-0.25, -0.2) is 4.79 Å². The van der Waals surface area contributed by atoms with Gasteiger partial charge in [0, 0.05) is 18.1 Å². The number of rotatable bonds is 5.